The number of nitrogens with zero attached hydrogens (tertiary/aromatic N) is 5. The number of hydrogen-bond donors (Lipinski definition) is 1. The molecule has 22 heavy (non-hydrogen) atoms. The third-order valence-corrected chi connectivity index (χ3v) is 4.09. The lowest BCUT2D eigenvalue weighted by Crippen LogP contribution is -2.23. The lowest BCUT2D eigenvalue weighted by molar-refractivity contribution is 0.296. The zero-order chi connectivity index (χ0) is 15.9. The van der Waals surface area contributed by atoms with Crippen LogP contribution in [0.15, 0.2) is 6.20 Å². The lowest BCUT2D eigenvalue weighted by atomic mass is 10.1. The van der Waals surface area contributed by atoms with Gasteiger partial charge in [-0.2, -0.15) is 14.6 Å². The van der Waals surface area contributed by atoms with Crippen molar-refractivity contribution in [3.05, 3.63) is 17.6 Å². The molecule has 2 aromatic rings. The summed E-state index contributed by atoms with van der Waals surface area (Å²) in [6.07, 6.45) is 6.64. The van der Waals surface area contributed by atoms with Crippen LogP contribution in [-0.4, -0.2) is 51.2 Å². The number of aryl methyl sites for hydroxylation is 2. The van der Waals surface area contributed by atoms with Gasteiger partial charge < -0.3 is 10.2 Å². The molecule has 0 atom stereocenters. The number of fused-ring (bicyclic) bond motifs is 1. The highest BCUT2D eigenvalue weighted by Crippen LogP contribution is 2.15. The topological polar surface area (TPSA) is 58.4 Å². The van der Waals surface area contributed by atoms with E-state index in [1.165, 1.54) is 31.4 Å². The molecule has 122 valence electrons. The smallest absolute Gasteiger partial charge is 0.227 e. The van der Waals surface area contributed by atoms with Crippen molar-refractivity contribution in [2.45, 2.75) is 46.5 Å². The Morgan fingerprint density at radius 1 is 1.14 bits per heavy atom. The number of rotatable bonds is 9. The molecule has 2 rings (SSSR count). The van der Waals surface area contributed by atoms with Gasteiger partial charge in [0.25, 0.3) is 0 Å². The van der Waals surface area contributed by atoms with E-state index < -0.39 is 0 Å². The molecular formula is C16H28N6. The Bertz CT molecular complexity index is 588. The van der Waals surface area contributed by atoms with Gasteiger partial charge in [0.15, 0.2) is 5.65 Å². The van der Waals surface area contributed by atoms with Crippen LogP contribution in [0.2, 0.25) is 0 Å². The third kappa shape index (κ3) is 3.94. The molecule has 0 unspecified atom stereocenters. The monoisotopic (exact) mass is 304 g/mol. The maximum absolute atomic E-state index is 4.54. The summed E-state index contributed by atoms with van der Waals surface area (Å²) < 4.78 is 1.79. The minimum Gasteiger partial charge on any atom is -0.357 e. The second-order valence-corrected chi connectivity index (χ2v) is 5.59. The predicted molar refractivity (Wildman–Crippen MR) is 90.4 cm³/mol. The van der Waals surface area contributed by atoms with Crippen LogP contribution in [0.1, 0.15) is 44.5 Å². The highest BCUT2D eigenvalue weighted by atomic mass is 15.3. The van der Waals surface area contributed by atoms with Crippen molar-refractivity contribution in [2.24, 2.45) is 0 Å². The van der Waals surface area contributed by atoms with Crippen LogP contribution in [0.3, 0.4) is 0 Å². The van der Waals surface area contributed by atoms with Gasteiger partial charge in [0, 0.05) is 12.6 Å². The Morgan fingerprint density at radius 3 is 2.59 bits per heavy atom. The maximum Gasteiger partial charge on any atom is 0.227 e. The van der Waals surface area contributed by atoms with Crippen LogP contribution in [0.4, 0.5) is 5.95 Å². The van der Waals surface area contributed by atoms with Gasteiger partial charge in [0.2, 0.25) is 5.95 Å². The van der Waals surface area contributed by atoms with Crippen molar-refractivity contribution < 1.29 is 0 Å². The molecule has 0 bridgehead atoms. The number of aromatic nitrogens is 4. The summed E-state index contributed by atoms with van der Waals surface area (Å²) in [7, 11) is 1.86. The number of nitrogens with one attached hydrogen (secondary N) is 1. The molecule has 6 nitrogen and oxygen atoms in total. The molecule has 6 heteroatoms. The van der Waals surface area contributed by atoms with Crippen LogP contribution >= 0.6 is 0 Å². The first-order valence-corrected chi connectivity index (χ1v) is 8.30. The second-order valence-electron chi connectivity index (χ2n) is 5.59. The van der Waals surface area contributed by atoms with Gasteiger partial charge in [-0.05, 0) is 45.8 Å². The van der Waals surface area contributed by atoms with Gasteiger partial charge in [-0.15, -0.1) is 0 Å². The molecule has 2 heterocycles. The summed E-state index contributed by atoms with van der Waals surface area (Å²) in [5.41, 5.74) is 2.14. The van der Waals surface area contributed by atoms with Crippen molar-refractivity contribution in [1.82, 2.24) is 24.5 Å². The molecule has 0 spiro atoms. The van der Waals surface area contributed by atoms with E-state index in [1.54, 1.807) is 4.52 Å². The van der Waals surface area contributed by atoms with Crippen molar-refractivity contribution in [3.8, 4) is 0 Å². The summed E-state index contributed by atoms with van der Waals surface area (Å²) in [5, 5.41) is 7.47. The Labute approximate surface area is 133 Å². The second kappa shape index (κ2) is 8.08. The number of hydrogen-bond acceptors (Lipinski definition) is 5. The van der Waals surface area contributed by atoms with Crippen molar-refractivity contribution in [3.63, 3.8) is 0 Å². The Balaban J connectivity index is 1.91. The van der Waals surface area contributed by atoms with Crippen LogP contribution in [0.25, 0.3) is 5.65 Å². The van der Waals surface area contributed by atoms with Crippen molar-refractivity contribution in [1.29, 1.82) is 0 Å². The van der Waals surface area contributed by atoms with E-state index in [4.69, 9.17) is 0 Å². The van der Waals surface area contributed by atoms with Crippen LogP contribution < -0.4 is 5.32 Å². The minimum absolute atomic E-state index is 0.746. The highest BCUT2D eigenvalue weighted by Gasteiger charge is 2.10. The average Bonchev–Trinajstić information content (AvgIpc) is 2.93. The maximum atomic E-state index is 4.54. The molecule has 0 aromatic carbocycles. The predicted octanol–water partition coefficient (Wildman–Crippen LogP) is 2.53. The molecular weight excluding hydrogens is 276 g/mol. The number of anilines is 1. The zero-order valence-corrected chi connectivity index (χ0v) is 14.3. The fourth-order valence-corrected chi connectivity index (χ4v) is 2.73. The average molecular weight is 304 g/mol. The van der Waals surface area contributed by atoms with Crippen LogP contribution in [0.5, 0.6) is 0 Å². The molecule has 0 amide bonds. The van der Waals surface area contributed by atoms with Gasteiger partial charge in [0.1, 0.15) is 5.82 Å². The molecule has 0 aliphatic rings. The Hall–Kier alpha value is -1.69. The molecule has 1 N–H and O–H groups in total. The van der Waals surface area contributed by atoms with Gasteiger partial charge in [-0.3, -0.25) is 0 Å². The van der Waals surface area contributed by atoms with Gasteiger partial charge in [0.05, 0.1) is 6.20 Å². The standard InChI is InChI=1S/C16H28N6/c1-5-21(6-2)11-9-7-8-10-14-12-18-22-15(14)19-13(3)20-16(22)17-4/h12H,5-11H2,1-4H3,(H,17,19,20). The molecule has 0 saturated heterocycles. The van der Waals surface area contributed by atoms with Crippen molar-refractivity contribution >= 4 is 11.6 Å². The summed E-state index contributed by atoms with van der Waals surface area (Å²) in [5.74, 6) is 1.52. The quantitative estimate of drug-likeness (QED) is 0.721. The summed E-state index contributed by atoms with van der Waals surface area (Å²) in [6, 6.07) is 0. The number of unbranched alkanes of at least 4 members (excludes halogenated alkanes) is 2. The van der Waals surface area contributed by atoms with E-state index in [1.807, 2.05) is 20.2 Å². The Morgan fingerprint density at radius 2 is 1.91 bits per heavy atom. The molecule has 0 aliphatic heterocycles. The summed E-state index contributed by atoms with van der Waals surface area (Å²) in [4.78, 5) is 11.4. The first kappa shape index (κ1) is 16.7. The fraction of sp³-hybridized carbons (Fsp3) is 0.688. The van der Waals surface area contributed by atoms with E-state index in [0.717, 1.165) is 36.9 Å². The van der Waals surface area contributed by atoms with Crippen LogP contribution in [-0.2, 0) is 6.42 Å². The van der Waals surface area contributed by atoms with E-state index in [2.05, 4.69) is 39.1 Å². The van der Waals surface area contributed by atoms with Crippen molar-refractivity contribution in [2.75, 3.05) is 32.0 Å². The summed E-state index contributed by atoms with van der Waals surface area (Å²) >= 11 is 0. The first-order chi connectivity index (χ1) is 10.7. The van der Waals surface area contributed by atoms with E-state index in [0.29, 0.717) is 0 Å². The SMILES string of the molecule is CCN(CC)CCCCCc1cnn2c(NC)nc(C)nc12. The first-order valence-electron chi connectivity index (χ1n) is 8.30. The summed E-state index contributed by atoms with van der Waals surface area (Å²) in [6.45, 7) is 9.86. The normalized spacial score (nSPS) is 11.5. The fourth-order valence-electron chi connectivity index (χ4n) is 2.73. The molecule has 0 radical (unpaired) electrons. The molecule has 0 fully saturated rings. The van der Waals surface area contributed by atoms with Gasteiger partial charge >= 0.3 is 0 Å². The van der Waals surface area contributed by atoms with E-state index >= 15 is 0 Å². The highest BCUT2D eigenvalue weighted by molar-refractivity contribution is 5.50. The molecule has 0 aliphatic carbocycles. The van der Waals surface area contributed by atoms with E-state index in [-0.39, 0.29) is 0 Å². The zero-order valence-electron chi connectivity index (χ0n) is 14.3. The minimum atomic E-state index is 0.746. The van der Waals surface area contributed by atoms with Gasteiger partial charge in [-0.1, -0.05) is 20.3 Å². The lowest BCUT2D eigenvalue weighted by Gasteiger charge is -2.17. The largest absolute Gasteiger partial charge is 0.357 e. The third-order valence-electron chi connectivity index (χ3n) is 4.09. The molecule has 2 aromatic heterocycles. The molecule has 0 saturated carbocycles. The van der Waals surface area contributed by atoms with Gasteiger partial charge in [-0.25, -0.2) is 4.98 Å². The van der Waals surface area contributed by atoms with Crippen LogP contribution in [0, 0.1) is 6.92 Å². The Kier molecular flexibility index (Phi) is 6.12. The van der Waals surface area contributed by atoms with E-state index in [9.17, 15) is 0 Å².